The highest BCUT2D eigenvalue weighted by molar-refractivity contribution is 5.90. The van der Waals surface area contributed by atoms with Gasteiger partial charge in [-0.3, -0.25) is 0 Å². The van der Waals surface area contributed by atoms with Gasteiger partial charge in [-0.1, -0.05) is 103 Å². The van der Waals surface area contributed by atoms with E-state index in [-0.39, 0.29) is 12.0 Å². The molecule has 0 saturated heterocycles. The van der Waals surface area contributed by atoms with Crippen LogP contribution in [-0.2, 0) is 0 Å². The van der Waals surface area contributed by atoms with E-state index in [1.54, 1.807) is 0 Å². The fourth-order valence-corrected chi connectivity index (χ4v) is 7.06. The van der Waals surface area contributed by atoms with Gasteiger partial charge in [-0.2, -0.15) is 0 Å². The van der Waals surface area contributed by atoms with Crippen LogP contribution in [-0.4, -0.2) is 21.1 Å². The molecule has 5 aromatic rings. The van der Waals surface area contributed by atoms with Crippen molar-refractivity contribution in [2.24, 2.45) is 5.92 Å². The standard InChI is InChI=1S/C41H31N3O/c1-2-8-26(9-3-1)29-15-16-31-24-33(19-17-30(31)22-29)40-42-39(32-18-14-27-10-4-5-11-28(27)23-32)43-41(44-40)34-20-21-38-36(25-34)35-12-6-7-13-37(35)45-38/h1-3,5-9,11-13,15-25,27,36,38H,4,10,14H2. The zero-order valence-electron chi connectivity index (χ0n) is 24.8. The van der Waals surface area contributed by atoms with Crippen molar-refractivity contribution in [3.63, 3.8) is 0 Å². The molecule has 3 aliphatic carbocycles. The summed E-state index contributed by atoms with van der Waals surface area (Å²) in [5, 5.41) is 2.34. The number of fused-ring (bicyclic) bond motifs is 5. The van der Waals surface area contributed by atoms with Gasteiger partial charge in [0.1, 0.15) is 11.9 Å². The van der Waals surface area contributed by atoms with Gasteiger partial charge in [0, 0.05) is 28.2 Å². The second-order valence-corrected chi connectivity index (χ2v) is 12.3. The van der Waals surface area contributed by atoms with Crippen molar-refractivity contribution in [2.45, 2.75) is 31.3 Å². The third-order valence-corrected chi connectivity index (χ3v) is 9.49. The van der Waals surface area contributed by atoms with E-state index in [2.05, 4.69) is 121 Å². The van der Waals surface area contributed by atoms with Gasteiger partial charge < -0.3 is 4.74 Å². The van der Waals surface area contributed by atoms with Gasteiger partial charge in [0.05, 0.1) is 0 Å². The SMILES string of the molecule is C1=CC2=CC(c3nc(C4=CC5c6ccccc6OC5C=C4)nc(-c4ccc5cc(-c6ccccc6)ccc5c4)n3)=CCC2CC1. The van der Waals surface area contributed by atoms with Gasteiger partial charge in [0.25, 0.3) is 0 Å². The number of aromatic nitrogens is 3. The maximum Gasteiger partial charge on any atom is 0.164 e. The maximum absolute atomic E-state index is 6.23. The molecule has 4 aromatic carbocycles. The Morgan fingerprint density at radius 1 is 0.667 bits per heavy atom. The summed E-state index contributed by atoms with van der Waals surface area (Å²) in [5.74, 6) is 3.77. The van der Waals surface area contributed by atoms with E-state index in [0.29, 0.717) is 17.6 Å². The summed E-state index contributed by atoms with van der Waals surface area (Å²) in [7, 11) is 0. The molecule has 3 unspecified atom stereocenters. The van der Waals surface area contributed by atoms with Crippen LogP contribution in [0, 0.1) is 5.92 Å². The summed E-state index contributed by atoms with van der Waals surface area (Å²) in [6.45, 7) is 0. The van der Waals surface area contributed by atoms with Crippen molar-refractivity contribution >= 4 is 21.9 Å². The molecule has 1 aliphatic heterocycles. The van der Waals surface area contributed by atoms with Crippen LogP contribution in [0.5, 0.6) is 5.75 Å². The minimum absolute atomic E-state index is 0.00555. The smallest absolute Gasteiger partial charge is 0.164 e. The third kappa shape index (κ3) is 4.74. The minimum Gasteiger partial charge on any atom is -0.485 e. The van der Waals surface area contributed by atoms with E-state index in [9.17, 15) is 0 Å². The molecule has 0 amide bonds. The molecule has 4 aliphatic rings. The number of benzene rings is 4. The number of allylic oxidation sites excluding steroid dienone is 8. The van der Waals surface area contributed by atoms with Crippen LogP contribution in [0.25, 0.3) is 44.4 Å². The Hall–Kier alpha value is -5.35. The molecule has 0 bridgehead atoms. The molecule has 1 aromatic heterocycles. The van der Waals surface area contributed by atoms with Gasteiger partial charge >= 0.3 is 0 Å². The number of hydrogen-bond donors (Lipinski definition) is 0. The molecule has 0 spiro atoms. The van der Waals surface area contributed by atoms with Gasteiger partial charge in [-0.25, -0.2) is 15.0 Å². The quantitative estimate of drug-likeness (QED) is 0.212. The van der Waals surface area contributed by atoms with Gasteiger partial charge in [-0.15, -0.1) is 0 Å². The average molecular weight is 582 g/mol. The largest absolute Gasteiger partial charge is 0.485 e. The average Bonchev–Trinajstić information content (AvgIpc) is 3.49. The summed E-state index contributed by atoms with van der Waals surface area (Å²) in [4.78, 5) is 15.3. The zero-order valence-corrected chi connectivity index (χ0v) is 24.8. The fourth-order valence-electron chi connectivity index (χ4n) is 7.06. The number of ether oxygens (including phenoxy) is 1. The molecule has 0 N–H and O–H groups in total. The summed E-state index contributed by atoms with van der Waals surface area (Å²) in [6, 6.07) is 32.0. The first kappa shape index (κ1) is 26.1. The van der Waals surface area contributed by atoms with Crippen molar-refractivity contribution < 1.29 is 4.74 Å². The normalized spacial score (nSPS) is 21.2. The molecule has 4 heteroatoms. The van der Waals surface area contributed by atoms with Crippen LogP contribution in [0.3, 0.4) is 0 Å². The lowest BCUT2D eigenvalue weighted by molar-refractivity contribution is 0.269. The van der Waals surface area contributed by atoms with Gasteiger partial charge in [-0.05, 0) is 83.0 Å². The van der Waals surface area contributed by atoms with E-state index < -0.39 is 0 Å². The second kappa shape index (κ2) is 10.7. The Balaban J connectivity index is 1.15. The molecular weight excluding hydrogens is 550 g/mol. The van der Waals surface area contributed by atoms with Crippen LogP contribution in [0.2, 0.25) is 0 Å². The van der Waals surface area contributed by atoms with Crippen LogP contribution >= 0.6 is 0 Å². The summed E-state index contributed by atoms with van der Waals surface area (Å²) in [6.07, 6.45) is 19.0. The molecule has 0 fully saturated rings. The Kier molecular flexibility index (Phi) is 6.19. The van der Waals surface area contributed by atoms with Crippen molar-refractivity contribution in [1.82, 2.24) is 15.0 Å². The van der Waals surface area contributed by atoms with E-state index in [0.717, 1.165) is 46.5 Å². The van der Waals surface area contributed by atoms with Crippen molar-refractivity contribution in [3.05, 3.63) is 156 Å². The first-order valence-corrected chi connectivity index (χ1v) is 15.9. The monoisotopic (exact) mass is 581 g/mol. The number of nitrogens with zero attached hydrogens (tertiary/aromatic N) is 3. The number of hydrogen-bond acceptors (Lipinski definition) is 4. The molecule has 9 rings (SSSR count). The van der Waals surface area contributed by atoms with Crippen LogP contribution in [0.4, 0.5) is 0 Å². The van der Waals surface area contributed by atoms with Gasteiger partial charge in [0.2, 0.25) is 0 Å². The molecule has 0 saturated carbocycles. The minimum atomic E-state index is -0.00555. The lowest BCUT2D eigenvalue weighted by atomic mass is 9.82. The molecule has 3 atom stereocenters. The highest BCUT2D eigenvalue weighted by Crippen LogP contribution is 2.43. The summed E-state index contributed by atoms with van der Waals surface area (Å²) in [5.41, 5.74) is 8.05. The highest BCUT2D eigenvalue weighted by atomic mass is 16.5. The van der Waals surface area contributed by atoms with E-state index >= 15 is 0 Å². The molecule has 0 radical (unpaired) electrons. The van der Waals surface area contributed by atoms with E-state index in [4.69, 9.17) is 19.7 Å². The zero-order chi connectivity index (χ0) is 29.7. The second-order valence-electron chi connectivity index (χ2n) is 12.3. The number of rotatable bonds is 4. The topological polar surface area (TPSA) is 47.9 Å². The fraction of sp³-hybridized carbons (Fsp3) is 0.146. The predicted molar refractivity (Wildman–Crippen MR) is 181 cm³/mol. The third-order valence-electron chi connectivity index (χ3n) is 9.49. The van der Waals surface area contributed by atoms with Crippen LogP contribution in [0.15, 0.2) is 139 Å². The number of para-hydroxylation sites is 1. The lowest BCUT2D eigenvalue weighted by Crippen LogP contribution is -2.17. The van der Waals surface area contributed by atoms with E-state index in [1.807, 2.05) is 12.1 Å². The molecule has 45 heavy (non-hydrogen) atoms. The highest BCUT2D eigenvalue weighted by Gasteiger charge is 2.33. The Bertz CT molecular complexity index is 2140. The summed E-state index contributed by atoms with van der Waals surface area (Å²) < 4.78 is 6.23. The Labute approximate surface area is 262 Å². The molecule has 4 nitrogen and oxygen atoms in total. The first-order chi connectivity index (χ1) is 22.2. The Morgan fingerprint density at radius 2 is 1.42 bits per heavy atom. The van der Waals surface area contributed by atoms with Crippen molar-refractivity contribution in [3.8, 4) is 28.3 Å². The molecule has 216 valence electrons. The van der Waals surface area contributed by atoms with E-state index in [1.165, 1.54) is 34.1 Å². The lowest BCUT2D eigenvalue weighted by Gasteiger charge is -2.24. The molecule has 2 heterocycles. The summed E-state index contributed by atoms with van der Waals surface area (Å²) >= 11 is 0. The van der Waals surface area contributed by atoms with Crippen LogP contribution < -0.4 is 4.74 Å². The maximum atomic E-state index is 6.23. The van der Waals surface area contributed by atoms with Gasteiger partial charge in [0.15, 0.2) is 17.5 Å². The molecular formula is C41H31N3O. The predicted octanol–water partition coefficient (Wildman–Crippen LogP) is 9.54. The Morgan fingerprint density at radius 3 is 2.31 bits per heavy atom. The van der Waals surface area contributed by atoms with Crippen molar-refractivity contribution in [1.29, 1.82) is 0 Å². The van der Waals surface area contributed by atoms with Crippen LogP contribution in [0.1, 0.15) is 42.4 Å². The van der Waals surface area contributed by atoms with Crippen molar-refractivity contribution in [2.75, 3.05) is 0 Å². The first-order valence-electron chi connectivity index (χ1n) is 15.9.